The third kappa shape index (κ3) is 4.04. The molecule has 7 nitrogen and oxygen atoms in total. The number of carbonyl (C=O) groups is 1. The summed E-state index contributed by atoms with van der Waals surface area (Å²) in [6.07, 6.45) is 1.52. The van der Waals surface area contributed by atoms with Gasteiger partial charge in [-0.3, -0.25) is 14.8 Å². The Morgan fingerprint density at radius 1 is 1.07 bits per heavy atom. The van der Waals surface area contributed by atoms with Crippen molar-refractivity contribution in [2.24, 2.45) is 0 Å². The van der Waals surface area contributed by atoms with Gasteiger partial charge >= 0.3 is 0 Å². The molecule has 2 aromatic carbocycles. The van der Waals surface area contributed by atoms with E-state index in [1.54, 1.807) is 7.11 Å². The highest BCUT2D eigenvalue weighted by Gasteiger charge is 2.22. The first kappa shape index (κ1) is 18.2. The molecule has 7 heteroatoms. The maximum Gasteiger partial charge on any atom is 0.253 e. The van der Waals surface area contributed by atoms with Gasteiger partial charge in [0.15, 0.2) is 0 Å². The van der Waals surface area contributed by atoms with Crippen LogP contribution in [-0.4, -0.2) is 64.2 Å². The number of benzene rings is 2. The zero-order valence-corrected chi connectivity index (χ0v) is 15.8. The lowest BCUT2D eigenvalue weighted by Crippen LogP contribution is -2.48. The second kappa shape index (κ2) is 8.22. The van der Waals surface area contributed by atoms with E-state index in [-0.39, 0.29) is 5.91 Å². The molecule has 1 fully saturated rings. The van der Waals surface area contributed by atoms with Gasteiger partial charge in [0.2, 0.25) is 0 Å². The van der Waals surface area contributed by atoms with Gasteiger partial charge in [-0.05, 0) is 35.4 Å². The van der Waals surface area contributed by atoms with Crippen LogP contribution in [0.3, 0.4) is 0 Å². The minimum Gasteiger partial charge on any atom is -0.497 e. The summed E-state index contributed by atoms with van der Waals surface area (Å²) in [5.41, 5.74) is 2.75. The first-order valence-electron chi connectivity index (χ1n) is 9.33. The molecule has 1 aliphatic rings. The van der Waals surface area contributed by atoms with Crippen molar-refractivity contribution in [1.82, 2.24) is 25.0 Å². The highest BCUT2D eigenvalue weighted by Crippen LogP contribution is 2.25. The first-order chi connectivity index (χ1) is 13.7. The zero-order valence-electron chi connectivity index (χ0n) is 15.8. The maximum absolute atomic E-state index is 13.0. The molecular weight excluding hydrogens is 354 g/mol. The number of ether oxygens (including phenoxy) is 1. The number of amides is 1. The smallest absolute Gasteiger partial charge is 0.253 e. The summed E-state index contributed by atoms with van der Waals surface area (Å²) in [4.78, 5) is 21.3. The zero-order chi connectivity index (χ0) is 19.3. The number of carbonyl (C=O) groups excluding carboxylic acids is 1. The number of nitrogens with zero attached hydrogens (tertiary/aromatic N) is 4. The number of rotatable bonds is 5. The summed E-state index contributed by atoms with van der Waals surface area (Å²) in [6, 6.07) is 15.7. The molecule has 3 aromatic rings. The fourth-order valence-corrected chi connectivity index (χ4v) is 3.44. The van der Waals surface area contributed by atoms with Gasteiger partial charge < -0.3 is 9.64 Å². The van der Waals surface area contributed by atoms with E-state index in [1.165, 1.54) is 6.33 Å². The largest absolute Gasteiger partial charge is 0.497 e. The van der Waals surface area contributed by atoms with Crippen molar-refractivity contribution in [1.29, 1.82) is 0 Å². The number of methoxy groups -OCH3 is 1. The SMILES string of the molecule is COc1cccc(-c2cccc(C(=O)N3CCN(Cc4ncn[nH]4)CC3)c2)c1. The second-order valence-corrected chi connectivity index (χ2v) is 6.81. The average Bonchev–Trinajstić information content (AvgIpc) is 3.27. The molecule has 0 radical (unpaired) electrons. The van der Waals surface area contributed by atoms with Crippen molar-refractivity contribution in [3.8, 4) is 16.9 Å². The summed E-state index contributed by atoms with van der Waals surface area (Å²) in [7, 11) is 1.65. The molecule has 144 valence electrons. The molecule has 0 saturated carbocycles. The van der Waals surface area contributed by atoms with Crippen molar-refractivity contribution in [2.45, 2.75) is 6.54 Å². The Morgan fingerprint density at radius 2 is 1.82 bits per heavy atom. The summed E-state index contributed by atoms with van der Waals surface area (Å²) < 4.78 is 5.31. The van der Waals surface area contributed by atoms with Crippen molar-refractivity contribution in [3.05, 3.63) is 66.2 Å². The predicted molar refractivity (Wildman–Crippen MR) is 106 cm³/mol. The van der Waals surface area contributed by atoms with Crippen LogP contribution in [0, 0.1) is 0 Å². The lowest BCUT2D eigenvalue weighted by atomic mass is 10.0. The Labute approximate surface area is 164 Å². The topological polar surface area (TPSA) is 74.3 Å². The minimum absolute atomic E-state index is 0.0732. The fourth-order valence-electron chi connectivity index (χ4n) is 3.44. The number of aromatic amines is 1. The highest BCUT2D eigenvalue weighted by atomic mass is 16.5. The Bertz CT molecular complexity index is 933. The van der Waals surface area contributed by atoms with Gasteiger partial charge in [0.05, 0.1) is 13.7 Å². The van der Waals surface area contributed by atoms with Crippen LogP contribution in [-0.2, 0) is 6.54 Å². The Kier molecular flexibility index (Phi) is 5.34. The van der Waals surface area contributed by atoms with Crippen molar-refractivity contribution < 1.29 is 9.53 Å². The molecule has 1 aliphatic heterocycles. The van der Waals surface area contributed by atoms with Crippen LogP contribution < -0.4 is 4.74 Å². The van der Waals surface area contributed by atoms with Crippen LogP contribution in [0.4, 0.5) is 0 Å². The van der Waals surface area contributed by atoms with E-state index in [9.17, 15) is 4.79 Å². The average molecular weight is 377 g/mol. The molecule has 1 amide bonds. The molecule has 0 unspecified atom stereocenters. The van der Waals surface area contributed by atoms with Gasteiger partial charge in [0.1, 0.15) is 17.9 Å². The van der Waals surface area contributed by atoms with E-state index in [1.807, 2.05) is 53.4 Å². The van der Waals surface area contributed by atoms with E-state index in [0.717, 1.165) is 42.3 Å². The number of aromatic nitrogens is 3. The standard InChI is InChI=1S/C21H23N5O2/c1-28-19-7-3-5-17(13-19)16-4-2-6-18(12-16)21(27)26-10-8-25(9-11-26)14-20-22-15-23-24-20/h2-7,12-13,15H,8-11,14H2,1H3,(H,22,23,24). The third-order valence-corrected chi connectivity index (χ3v) is 5.01. The summed E-state index contributed by atoms with van der Waals surface area (Å²) in [5, 5.41) is 6.76. The van der Waals surface area contributed by atoms with Crippen LogP contribution in [0.5, 0.6) is 5.75 Å². The van der Waals surface area contributed by atoms with Crippen LogP contribution in [0.25, 0.3) is 11.1 Å². The van der Waals surface area contributed by atoms with Gasteiger partial charge in [0, 0.05) is 31.7 Å². The van der Waals surface area contributed by atoms with E-state index >= 15 is 0 Å². The first-order valence-corrected chi connectivity index (χ1v) is 9.33. The number of nitrogens with one attached hydrogen (secondary N) is 1. The van der Waals surface area contributed by atoms with Gasteiger partial charge in [-0.25, -0.2) is 4.98 Å². The van der Waals surface area contributed by atoms with Gasteiger partial charge in [-0.15, -0.1) is 0 Å². The molecular formula is C21H23N5O2. The van der Waals surface area contributed by atoms with Crippen LogP contribution in [0.1, 0.15) is 16.2 Å². The van der Waals surface area contributed by atoms with E-state index in [4.69, 9.17) is 4.74 Å². The molecule has 0 spiro atoms. The Balaban J connectivity index is 1.42. The second-order valence-electron chi connectivity index (χ2n) is 6.81. The number of hydrogen-bond acceptors (Lipinski definition) is 5. The lowest BCUT2D eigenvalue weighted by molar-refractivity contribution is 0.0625. The molecule has 28 heavy (non-hydrogen) atoms. The van der Waals surface area contributed by atoms with Gasteiger partial charge in [0.25, 0.3) is 5.91 Å². The molecule has 2 heterocycles. The van der Waals surface area contributed by atoms with Crippen LogP contribution in [0.2, 0.25) is 0 Å². The Morgan fingerprint density at radius 3 is 2.54 bits per heavy atom. The maximum atomic E-state index is 13.0. The lowest BCUT2D eigenvalue weighted by Gasteiger charge is -2.34. The van der Waals surface area contributed by atoms with E-state index in [0.29, 0.717) is 18.7 Å². The van der Waals surface area contributed by atoms with Gasteiger partial charge in [-0.2, -0.15) is 5.10 Å². The quantitative estimate of drug-likeness (QED) is 0.739. The molecule has 1 N–H and O–H groups in total. The van der Waals surface area contributed by atoms with Crippen LogP contribution >= 0.6 is 0 Å². The minimum atomic E-state index is 0.0732. The van der Waals surface area contributed by atoms with Crippen LogP contribution in [0.15, 0.2) is 54.9 Å². The summed E-state index contributed by atoms with van der Waals surface area (Å²) in [5.74, 6) is 1.73. The predicted octanol–water partition coefficient (Wildman–Crippen LogP) is 2.44. The molecule has 4 rings (SSSR count). The Hall–Kier alpha value is -3.19. The molecule has 0 atom stereocenters. The monoisotopic (exact) mass is 377 g/mol. The normalized spacial score (nSPS) is 14.8. The van der Waals surface area contributed by atoms with Crippen molar-refractivity contribution in [2.75, 3.05) is 33.3 Å². The fraction of sp³-hybridized carbons (Fsp3) is 0.286. The van der Waals surface area contributed by atoms with E-state index < -0.39 is 0 Å². The highest BCUT2D eigenvalue weighted by molar-refractivity contribution is 5.95. The number of H-pyrrole nitrogens is 1. The molecule has 0 aliphatic carbocycles. The van der Waals surface area contributed by atoms with Gasteiger partial charge in [-0.1, -0.05) is 24.3 Å². The van der Waals surface area contributed by atoms with E-state index in [2.05, 4.69) is 20.1 Å². The number of piperazine rings is 1. The van der Waals surface area contributed by atoms with Crippen molar-refractivity contribution in [3.63, 3.8) is 0 Å². The molecule has 0 bridgehead atoms. The molecule has 1 aromatic heterocycles. The number of hydrogen-bond donors (Lipinski definition) is 1. The third-order valence-electron chi connectivity index (χ3n) is 5.01. The summed E-state index contributed by atoms with van der Waals surface area (Å²) >= 11 is 0. The summed E-state index contributed by atoms with van der Waals surface area (Å²) in [6.45, 7) is 3.78. The molecule has 1 saturated heterocycles. The van der Waals surface area contributed by atoms with Crippen molar-refractivity contribution >= 4 is 5.91 Å².